The van der Waals surface area contributed by atoms with Crippen molar-refractivity contribution in [2.24, 2.45) is 35.3 Å². The standard InChI is InChI=1S/C79H100N10O18/c1-14-79-74(98)63-61-62(69(96)48(9)72(63)107-79)70(97)67(86-75(99)44(5)21-18-20-43(4)38-45(6)68(95)47(8)71(105-49(10)90)46(7)56(103-13)32-37-104-79)73-66(61)85-65-55(91)39-52(40-57(65)106-73)87-35-30-53(31-36-87)89(11,12)41-50-24-26-51(27-25-50)82-76(100)54(22-19-33-81-78(80)102)83-77(101)64(42(2)3)84-58(92)23-16-15-17-34-88-59(93)28-29-60(88)94/h14,18,20-21,24-29,32,37,39-40,42-43,45-47,53-54,56,64,68,71,95H,1,15-17,19,22-23,30-31,33-36,38,41H2,2-13H3,(H8-,80,81,82,83,84,85,86,91,92,93,94,96,97,98,99,100,101,102)/p+1. The normalized spacial score (nSPS) is 22.4. The number of amides is 8. The van der Waals surface area contributed by atoms with Gasteiger partial charge in [-0.1, -0.05) is 84.9 Å². The highest BCUT2D eigenvalue weighted by atomic mass is 16.7. The molecule has 0 aliphatic carbocycles. The third-order valence-electron chi connectivity index (χ3n) is 20.9. The molecule has 9 rings (SSSR count). The maximum atomic E-state index is 15.3. The van der Waals surface area contributed by atoms with Crippen molar-refractivity contribution in [2.75, 3.05) is 62.9 Å². The van der Waals surface area contributed by atoms with Gasteiger partial charge in [0.05, 0.1) is 49.2 Å². The third-order valence-corrected chi connectivity index (χ3v) is 20.9. The van der Waals surface area contributed by atoms with Gasteiger partial charge in [-0.2, -0.15) is 0 Å². The number of nitrogens with one attached hydrogen (secondary N) is 5. The fourth-order valence-corrected chi connectivity index (χ4v) is 14.7. The van der Waals surface area contributed by atoms with Crippen molar-refractivity contribution in [3.63, 3.8) is 0 Å². The predicted octanol–water partition coefficient (Wildman–Crippen LogP) is 7.50. The summed E-state index contributed by atoms with van der Waals surface area (Å²) >= 11 is 0. The molecular weight excluding hydrogens is 1380 g/mol. The number of allylic oxidation sites excluding steroid dienone is 3. The number of imide groups is 1. The van der Waals surface area contributed by atoms with E-state index in [-0.39, 0.29) is 129 Å². The summed E-state index contributed by atoms with van der Waals surface area (Å²) in [5, 5.41) is 49.5. The highest BCUT2D eigenvalue weighted by Crippen LogP contribution is 2.43. The van der Waals surface area contributed by atoms with Crippen molar-refractivity contribution < 1.29 is 81.5 Å². The Kier molecular flexibility index (Phi) is 25.9. The van der Waals surface area contributed by atoms with E-state index in [0.29, 0.717) is 74.0 Å². The second-order valence-electron chi connectivity index (χ2n) is 29.5. The highest BCUT2D eigenvalue weighted by Gasteiger charge is 2.46. The lowest BCUT2D eigenvalue weighted by Gasteiger charge is -2.43. The molecule has 4 aliphatic rings. The third kappa shape index (κ3) is 18.3. The number of nitrogens with two attached hydrogens (primary N) is 1. The molecule has 0 spiro atoms. The molecule has 1 fully saturated rings. The summed E-state index contributed by atoms with van der Waals surface area (Å²) in [6, 6.07) is 7.83. The topological polar surface area (TPSA) is 387 Å². The van der Waals surface area contributed by atoms with E-state index >= 15 is 4.79 Å². The number of ether oxygens (including phenoxy) is 4. The van der Waals surface area contributed by atoms with Crippen LogP contribution in [0.3, 0.4) is 0 Å². The molecule has 0 saturated carbocycles. The molecule has 28 heteroatoms. The van der Waals surface area contributed by atoms with Gasteiger partial charge in [0.15, 0.2) is 22.4 Å². The van der Waals surface area contributed by atoms with Crippen LogP contribution in [0.25, 0.3) is 38.7 Å². The number of carbonyl (C=O) groups excluding carboxylic acids is 8. The van der Waals surface area contributed by atoms with Crippen LogP contribution in [0.2, 0.25) is 0 Å². The van der Waals surface area contributed by atoms with Crippen LogP contribution in [0, 0.1) is 36.5 Å². The molecule has 0 radical (unpaired) electrons. The fourth-order valence-electron chi connectivity index (χ4n) is 14.7. The zero-order valence-electron chi connectivity index (χ0n) is 62.9. The Morgan fingerprint density at radius 1 is 0.897 bits per heavy atom. The first kappa shape index (κ1) is 80.6. The summed E-state index contributed by atoms with van der Waals surface area (Å²) in [7, 11) is 5.72. The molecule has 4 aliphatic heterocycles. The van der Waals surface area contributed by atoms with Crippen LogP contribution in [-0.4, -0.2) is 167 Å². The number of phenols is 1. The van der Waals surface area contributed by atoms with Gasteiger partial charge < -0.3 is 80.4 Å². The number of hydrogen-bond donors (Lipinski definition) is 9. The van der Waals surface area contributed by atoms with Crippen LogP contribution in [-0.2, 0) is 54.3 Å². The summed E-state index contributed by atoms with van der Waals surface area (Å²) in [5.41, 5.74) is 4.82. The van der Waals surface area contributed by atoms with E-state index in [2.05, 4.69) is 52.2 Å². The fraction of sp³-hybridized carbons (Fsp3) is 0.481. The summed E-state index contributed by atoms with van der Waals surface area (Å²) in [6.07, 6.45) is 12.8. The second-order valence-corrected chi connectivity index (χ2v) is 29.5. The Bertz CT molecular complexity index is 4560. The molecule has 10 N–H and O–H groups in total. The van der Waals surface area contributed by atoms with Gasteiger partial charge in [-0.3, -0.25) is 48.1 Å². The molecule has 107 heavy (non-hydrogen) atoms. The summed E-state index contributed by atoms with van der Waals surface area (Å²) in [5.74, 6) is -8.97. The predicted molar refractivity (Wildman–Crippen MR) is 404 cm³/mol. The van der Waals surface area contributed by atoms with E-state index in [1.807, 2.05) is 32.1 Å². The molecule has 4 bridgehead atoms. The molecule has 1 aromatic heterocycles. The number of piperidine rings is 1. The number of carbonyl (C=O) groups is 8. The van der Waals surface area contributed by atoms with E-state index in [1.165, 1.54) is 57.6 Å². The number of phenolic OH excluding ortho intramolecular Hbond substituents is 1. The monoisotopic (exact) mass is 1480 g/mol. The number of anilines is 3. The van der Waals surface area contributed by atoms with Crippen molar-refractivity contribution >= 4 is 103 Å². The van der Waals surface area contributed by atoms with Gasteiger partial charge in [0.25, 0.3) is 17.7 Å². The largest absolute Gasteiger partial charge is 0.507 e. The minimum atomic E-state index is -2.22. The van der Waals surface area contributed by atoms with Gasteiger partial charge in [-0.25, -0.2) is 9.78 Å². The van der Waals surface area contributed by atoms with Crippen LogP contribution in [0.5, 0.6) is 11.5 Å². The van der Waals surface area contributed by atoms with Crippen LogP contribution < -0.4 is 58.0 Å². The molecule has 28 nitrogen and oxygen atoms in total. The van der Waals surface area contributed by atoms with E-state index in [9.17, 15) is 58.5 Å². The summed E-state index contributed by atoms with van der Waals surface area (Å²) in [4.78, 5) is 141. The number of hydrogen-bond acceptors (Lipinski definition) is 20. The van der Waals surface area contributed by atoms with E-state index in [0.717, 1.165) is 10.5 Å². The molecule has 5 aromatic rings. The van der Waals surface area contributed by atoms with Crippen LogP contribution in [0.4, 0.5) is 21.9 Å². The van der Waals surface area contributed by atoms with Crippen molar-refractivity contribution in [2.45, 2.75) is 169 Å². The Morgan fingerprint density at radius 2 is 1.59 bits per heavy atom. The number of aliphatic hydroxyl groups excluding tert-OH is 2. The number of benzene rings is 4. The Balaban J connectivity index is 0.945. The van der Waals surface area contributed by atoms with Gasteiger partial charge in [0, 0.05) is 135 Å². The van der Waals surface area contributed by atoms with Gasteiger partial charge >= 0.3 is 17.8 Å². The van der Waals surface area contributed by atoms with Gasteiger partial charge in [0.2, 0.25) is 28.6 Å². The first-order valence-electron chi connectivity index (χ1n) is 36.4. The number of primary amides is 1. The number of fused-ring (bicyclic) bond motifs is 2. The number of aromatic nitrogens is 1. The lowest BCUT2D eigenvalue weighted by Crippen LogP contribution is -2.54. The lowest BCUT2D eigenvalue weighted by atomic mass is 9.79. The van der Waals surface area contributed by atoms with Gasteiger partial charge in [0.1, 0.15) is 47.4 Å². The van der Waals surface area contributed by atoms with E-state index in [1.54, 1.807) is 65.0 Å². The number of methoxy groups -OCH3 is 1. The van der Waals surface area contributed by atoms with E-state index < -0.39 is 106 Å². The number of esters is 1. The Morgan fingerprint density at radius 3 is 2.23 bits per heavy atom. The molecule has 4 aromatic carbocycles. The molecule has 1 saturated heterocycles. The van der Waals surface area contributed by atoms with Crippen molar-refractivity contribution in [3.05, 3.63) is 134 Å². The molecule has 10 unspecified atom stereocenters. The number of rotatable bonds is 23. The zero-order valence-corrected chi connectivity index (χ0v) is 62.9. The first-order chi connectivity index (χ1) is 50.7. The smallest absolute Gasteiger partial charge is 0.330 e. The Labute approximate surface area is 620 Å². The first-order valence-corrected chi connectivity index (χ1v) is 36.4. The summed E-state index contributed by atoms with van der Waals surface area (Å²) in [6.45, 7) is 21.2. The van der Waals surface area contributed by atoms with Crippen LogP contribution >= 0.6 is 0 Å². The number of nitrogens with zero attached hydrogens (tertiary/aromatic N) is 4. The van der Waals surface area contributed by atoms with E-state index in [4.69, 9.17) is 34.1 Å². The quantitative estimate of drug-likeness (QED) is 0.00581. The number of quaternary nitrogens is 1. The average Bonchev–Trinajstić information content (AvgIpc) is 1.58. The maximum Gasteiger partial charge on any atom is 0.330 e. The molecule has 8 amide bonds. The van der Waals surface area contributed by atoms with Crippen molar-refractivity contribution in [1.82, 2.24) is 25.8 Å². The molecule has 5 heterocycles. The Hall–Kier alpha value is -10.5. The molecule has 574 valence electrons. The van der Waals surface area contributed by atoms with Gasteiger partial charge in [-0.05, 0) is 81.9 Å². The number of urea groups is 1. The van der Waals surface area contributed by atoms with Crippen LogP contribution in [0.15, 0.2) is 111 Å². The molecule has 10 atom stereocenters. The van der Waals surface area contributed by atoms with Gasteiger partial charge in [-0.15, -0.1) is 0 Å². The van der Waals surface area contributed by atoms with Crippen molar-refractivity contribution in [1.29, 1.82) is 0 Å². The minimum Gasteiger partial charge on any atom is -0.507 e. The summed E-state index contributed by atoms with van der Waals surface area (Å²) < 4.78 is 31.7. The average molecular weight is 1480 g/mol. The number of aliphatic hydroxyl groups is 2. The maximum absolute atomic E-state index is 15.3. The van der Waals surface area contributed by atoms with Crippen molar-refractivity contribution in [3.8, 4) is 11.5 Å². The molecular formula is C79H101N10O18+. The second kappa shape index (κ2) is 34.4. The van der Waals surface area contributed by atoms with Crippen LogP contribution in [0.1, 0.15) is 124 Å². The highest BCUT2D eigenvalue weighted by molar-refractivity contribution is 6.17. The number of unbranched alkanes of at least 4 members (excludes halogenated alkanes) is 2. The lowest BCUT2D eigenvalue weighted by molar-refractivity contribution is -0.928. The zero-order chi connectivity index (χ0) is 78.1. The number of aromatic hydroxyl groups is 1. The SMILES string of the molecule is C=CC12OC=CC(OC)C(C)C(OC(C)=O)C(C)C(O)C(C)CC(C)C=CC=C(C)C(=O)Nc3c(=O)c4c(O)c(C)c(c(c4c4nc5c(=O)cc(N6CCC([N+](C)(C)Cc7ccc(NC(=O)C(CCCNC(N)=O)NC(=O)C(NC(=O)CCCCCN8C(=O)C=CC8=O)C(C)C)cc7)CC6)cc5oc34)=C1O)O2. The minimum absolute atomic E-state index is 0.00574.